The molecular formula is C19H21N5O3. The number of ether oxygens (including phenoxy) is 1. The molecule has 3 aromatic rings. The van der Waals surface area contributed by atoms with Gasteiger partial charge in [0, 0.05) is 31.5 Å². The molecule has 1 aliphatic rings. The van der Waals surface area contributed by atoms with Gasteiger partial charge in [0.15, 0.2) is 5.82 Å². The van der Waals surface area contributed by atoms with Crippen molar-refractivity contribution in [1.29, 1.82) is 0 Å². The molecule has 0 fully saturated rings. The SMILES string of the molecule is COc1ccc([C@H]2c3nc[nH]c3CCN2C(=O)CCc2nc(C)no2)cc1. The molecule has 0 spiro atoms. The smallest absolute Gasteiger partial charge is 0.227 e. The number of fused-ring (bicyclic) bond motifs is 1. The summed E-state index contributed by atoms with van der Waals surface area (Å²) in [6.45, 7) is 2.39. The van der Waals surface area contributed by atoms with Crippen molar-refractivity contribution in [2.45, 2.75) is 32.2 Å². The molecule has 1 aliphatic heterocycles. The Morgan fingerprint density at radius 3 is 2.89 bits per heavy atom. The number of nitrogens with one attached hydrogen (secondary N) is 1. The standard InChI is InChI=1S/C19H21N5O3/c1-12-22-16(27-23-12)7-8-17(25)24-10-9-15-18(21-11-20-15)19(24)13-3-5-14(26-2)6-4-13/h3-6,11,19H,7-10H2,1-2H3,(H,20,21)/t19-/m0/s1. The van der Waals surface area contributed by atoms with E-state index in [-0.39, 0.29) is 11.9 Å². The fourth-order valence-corrected chi connectivity index (χ4v) is 3.47. The van der Waals surface area contributed by atoms with Crippen molar-refractivity contribution in [3.63, 3.8) is 0 Å². The monoisotopic (exact) mass is 367 g/mol. The molecule has 0 saturated heterocycles. The number of rotatable bonds is 5. The van der Waals surface area contributed by atoms with Gasteiger partial charge in [-0.25, -0.2) is 4.98 Å². The van der Waals surface area contributed by atoms with Crippen LogP contribution in [0.25, 0.3) is 0 Å². The highest BCUT2D eigenvalue weighted by Gasteiger charge is 2.33. The first-order valence-corrected chi connectivity index (χ1v) is 8.90. The van der Waals surface area contributed by atoms with Crippen LogP contribution in [0.3, 0.4) is 0 Å². The number of H-pyrrole nitrogens is 1. The van der Waals surface area contributed by atoms with Crippen molar-refractivity contribution in [2.75, 3.05) is 13.7 Å². The van der Waals surface area contributed by atoms with E-state index in [4.69, 9.17) is 9.26 Å². The van der Waals surface area contributed by atoms with Crippen LogP contribution < -0.4 is 4.74 Å². The Kier molecular flexibility index (Phi) is 4.62. The lowest BCUT2D eigenvalue weighted by Gasteiger charge is -2.35. The lowest BCUT2D eigenvalue weighted by atomic mass is 9.95. The zero-order valence-corrected chi connectivity index (χ0v) is 15.3. The number of imidazole rings is 1. The summed E-state index contributed by atoms with van der Waals surface area (Å²) >= 11 is 0. The highest BCUT2D eigenvalue weighted by molar-refractivity contribution is 5.77. The summed E-state index contributed by atoms with van der Waals surface area (Å²) in [5.74, 6) is 1.88. The molecule has 0 bridgehead atoms. The minimum Gasteiger partial charge on any atom is -0.497 e. The average Bonchev–Trinajstić information content (AvgIpc) is 3.34. The van der Waals surface area contributed by atoms with Crippen LogP contribution >= 0.6 is 0 Å². The van der Waals surface area contributed by atoms with Gasteiger partial charge >= 0.3 is 0 Å². The number of aryl methyl sites for hydroxylation is 2. The van der Waals surface area contributed by atoms with Crippen LogP contribution in [0.2, 0.25) is 0 Å². The van der Waals surface area contributed by atoms with Gasteiger partial charge in [-0.05, 0) is 24.6 Å². The third-order valence-corrected chi connectivity index (χ3v) is 4.80. The molecule has 1 N–H and O–H groups in total. The first-order valence-electron chi connectivity index (χ1n) is 8.90. The predicted molar refractivity (Wildman–Crippen MR) is 96.2 cm³/mol. The van der Waals surface area contributed by atoms with Crippen molar-refractivity contribution >= 4 is 5.91 Å². The molecular weight excluding hydrogens is 346 g/mol. The maximum atomic E-state index is 13.0. The van der Waals surface area contributed by atoms with E-state index in [0.29, 0.717) is 31.1 Å². The lowest BCUT2D eigenvalue weighted by Crippen LogP contribution is -2.40. The van der Waals surface area contributed by atoms with Crippen LogP contribution in [0.15, 0.2) is 35.1 Å². The van der Waals surface area contributed by atoms with E-state index in [1.807, 2.05) is 29.2 Å². The first kappa shape index (κ1) is 17.3. The number of benzene rings is 1. The number of aromatic nitrogens is 4. The van der Waals surface area contributed by atoms with Crippen molar-refractivity contribution in [3.8, 4) is 5.75 Å². The summed E-state index contributed by atoms with van der Waals surface area (Å²) in [7, 11) is 1.64. The van der Waals surface area contributed by atoms with Crippen molar-refractivity contribution < 1.29 is 14.1 Å². The summed E-state index contributed by atoms with van der Waals surface area (Å²) in [5, 5.41) is 3.77. The van der Waals surface area contributed by atoms with Gasteiger partial charge in [-0.3, -0.25) is 4.79 Å². The predicted octanol–water partition coefficient (Wildman–Crippen LogP) is 2.22. The maximum absolute atomic E-state index is 13.0. The molecule has 0 unspecified atom stereocenters. The zero-order valence-electron chi connectivity index (χ0n) is 15.3. The normalized spacial score (nSPS) is 16.2. The van der Waals surface area contributed by atoms with Gasteiger partial charge in [-0.2, -0.15) is 4.98 Å². The number of amides is 1. The second kappa shape index (κ2) is 7.22. The highest BCUT2D eigenvalue weighted by atomic mass is 16.5. The number of carbonyl (C=O) groups is 1. The minimum atomic E-state index is -0.220. The molecule has 2 aromatic heterocycles. The Labute approximate surface area is 156 Å². The summed E-state index contributed by atoms with van der Waals surface area (Å²) in [6, 6.07) is 7.55. The maximum Gasteiger partial charge on any atom is 0.227 e. The van der Waals surface area contributed by atoms with E-state index in [2.05, 4.69) is 20.1 Å². The summed E-state index contributed by atoms with van der Waals surface area (Å²) in [4.78, 5) is 26.7. The van der Waals surface area contributed by atoms with E-state index in [1.165, 1.54) is 0 Å². The second-order valence-electron chi connectivity index (χ2n) is 6.51. The number of nitrogens with zero attached hydrogens (tertiary/aromatic N) is 4. The zero-order chi connectivity index (χ0) is 18.8. The Bertz CT molecular complexity index is 931. The molecule has 0 saturated carbocycles. The summed E-state index contributed by atoms with van der Waals surface area (Å²) < 4.78 is 10.4. The van der Waals surface area contributed by atoms with Crippen molar-refractivity contribution in [1.82, 2.24) is 25.0 Å². The Morgan fingerprint density at radius 2 is 2.19 bits per heavy atom. The molecule has 4 rings (SSSR count). The molecule has 1 aromatic carbocycles. The third-order valence-electron chi connectivity index (χ3n) is 4.80. The van der Waals surface area contributed by atoms with E-state index in [1.54, 1.807) is 20.4 Å². The van der Waals surface area contributed by atoms with E-state index in [0.717, 1.165) is 29.1 Å². The molecule has 0 radical (unpaired) electrons. The largest absolute Gasteiger partial charge is 0.497 e. The van der Waals surface area contributed by atoms with Gasteiger partial charge in [0.25, 0.3) is 0 Å². The fourth-order valence-electron chi connectivity index (χ4n) is 3.47. The number of methoxy groups -OCH3 is 1. The number of aromatic amines is 1. The Morgan fingerprint density at radius 1 is 1.37 bits per heavy atom. The van der Waals surface area contributed by atoms with Crippen molar-refractivity contribution in [2.24, 2.45) is 0 Å². The second-order valence-corrected chi connectivity index (χ2v) is 6.51. The molecule has 27 heavy (non-hydrogen) atoms. The minimum absolute atomic E-state index is 0.0420. The van der Waals surface area contributed by atoms with Gasteiger partial charge in [0.2, 0.25) is 11.8 Å². The molecule has 140 valence electrons. The Balaban J connectivity index is 1.58. The summed E-state index contributed by atoms with van der Waals surface area (Å²) in [6.07, 6.45) is 3.19. The fraction of sp³-hybridized carbons (Fsp3) is 0.368. The van der Waals surface area contributed by atoms with Crippen LogP contribution in [0, 0.1) is 6.92 Å². The molecule has 3 heterocycles. The van der Waals surface area contributed by atoms with E-state index < -0.39 is 0 Å². The topological polar surface area (TPSA) is 97.1 Å². The van der Waals surface area contributed by atoms with E-state index >= 15 is 0 Å². The summed E-state index contributed by atoms with van der Waals surface area (Å²) in [5.41, 5.74) is 2.98. The highest BCUT2D eigenvalue weighted by Crippen LogP contribution is 2.34. The molecule has 1 atom stereocenters. The molecule has 8 heteroatoms. The van der Waals surface area contributed by atoms with Crippen LogP contribution in [0.4, 0.5) is 0 Å². The van der Waals surface area contributed by atoms with Gasteiger partial charge in [0.05, 0.1) is 19.1 Å². The lowest BCUT2D eigenvalue weighted by molar-refractivity contribution is -0.133. The van der Waals surface area contributed by atoms with Crippen LogP contribution in [-0.2, 0) is 17.6 Å². The van der Waals surface area contributed by atoms with Crippen LogP contribution in [0.5, 0.6) is 5.75 Å². The first-order chi connectivity index (χ1) is 13.2. The quantitative estimate of drug-likeness (QED) is 0.743. The third kappa shape index (κ3) is 3.42. The number of hydrogen-bond donors (Lipinski definition) is 1. The average molecular weight is 367 g/mol. The molecule has 8 nitrogen and oxygen atoms in total. The van der Waals surface area contributed by atoms with Gasteiger partial charge in [0.1, 0.15) is 11.8 Å². The number of hydrogen-bond acceptors (Lipinski definition) is 6. The van der Waals surface area contributed by atoms with Gasteiger partial charge < -0.3 is 19.1 Å². The van der Waals surface area contributed by atoms with Crippen molar-refractivity contribution in [3.05, 3.63) is 59.3 Å². The van der Waals surface area contributed by atoms with Gasteiger partial charge in [-0.15, -0.1) is 0 Å². The number of carbonyl (C=O) groups excluding carboxylic acids is 1. The van der Waals surface area contributed by atoms with Crippen LogP contribution in [0.1, 0.15) is 41.1 Å². The van der Waals surface area contributed by atoms with Gasteiger partial charge in [-0.1, -0.05) is 17.3 Å². The molecule has 1 amide bonds. The Hall–Kier alpha value is -3.16. The van der Waals surface area contributed by atoms with E-state index in [9.17, 15) is 4.79 Å². The molecule has 0 aliphatic carbocycles. The van der Waals surface area contributed by atoms with Crippen LogP contribution in [-0.4, -0.2) is 44.6 Å².